The molecule has 0 amide bonds. The van der Waals surface area contributed by atoms with Crippen LogP contribution in [0.5, 0.6) is 5.75 Å². The lowest BCUT2D eigenvalue weighted by Crippen LogP contribution is -2.04. The molecule has 0 fully saturated rings. The molecule has 0 bridgehead atoms. The van der Waals surface area contributed by atoms with E-state index in [4.69, 9.17) is 16.3 Å². The Labute approximate surface area is 124 Å². The highest BCUT2D eigenvalue weighted by molar-refractivity contribution is 6.23. The molecular formula is C17H18ClFO. The first-order chi connectivity index (χ1) is 9.54. The topological polar surface area (TPSA) is 9.23 Å². The minimum absolute atomic E-state index is 0.231. The summed E-state index contributed by atoms with van der Waals surface area (Å²) >= 11 is 6.63. The van der Waals surface area contributed by atoms with Gasteiger partial charge in [0.2, 0.25) is 0 Å². The first-order valence-electron chi connectivity index (χ1n) is 6.67. The molecule has 1 unspecified atom stereocenters. The number of aryl methyl sites for hydroxylation is 2. The van der Waals surface area contributed by atoms with Gasteiger partial charge >= 0.3 is 0 Å². The van der Waals surface area contributed by atoms with Gasteiger partial charge in [-0.15, -0.1) is 11.6 Å². The number of benzene rings is 2. The number of hydrogen-bond donors (Lipinski definition) is 0. The van der Waals surface area contributed by atoms with E-state index in [-0.39, 0.29) is 11.2 Å². The summed E-state index contributed by atoms with van der Waals surface area (Å²) in [5, 5.41) is -0.349. The van der Waals surface area contributed by atoms with Crippen LogP contribution in [0.4, 0.5) is 4.39 Å². The molecule has 1 atom stereocenters. The molecule has 0 spiro atoms. The molecule has 3 heteroatoms. The van der Waals surface area contributed by atoms with E-state index in [9.17, 15) is 4.39 Å². The van der Waals surface area contributed by atoms with E-state index in [0.717, 1.165) is 28.0 Å². The largest absolute Gasteiger partial charge is 0.494 e. The van der Waals surface area contributed by atoms with E-state index < -0.39 is 0 Å². The molecule has 0 aliphatic carbocycles. The third-order valence-corrected chi connectivity index (χ3v) is 3.76. The summed E-state index contributed by atoms with van der Waals surface area (Å²) < 4.78 is 19.0. The highest BCUT2D eigenvalue weighted by atomic mass is 35.5. The maximum Gasteiger partial charge on any atom is 0.124 e. The Kier molecular flexibility index (Phi) is 4.66. The van der Waals surface area contributed by atoms with Crippen LogP contribution in [0, 0.1) is 19.7 Å². The Hall–Kier alpha value is -1.54. The van der Waals surface area contributed by atoms with Crippen molar-refractivity contribution < 1.29 is 9.13 Å². The van der Waals surface area contributed by atoms with E-state index in [1.54, 1.807) is 0 Å². The van der Waals surface area contributed by atoms with Crippen molar-refractivity contribution in [3.05, 3.63) is 64.5 Å². The molecule has 1 nitrogen and oxygen atoms in total. The summed E-state index contributed by atoms with van der Waals surface area (Å²) in [5.41, 5.74) is 3.57. The molecule has 0 N–H and O–H groups in total. The SMILES string of the molecule is CCOc1ccccc1C(Cl)c1c(C)cc(F)cc1C. The van der Waals surface area contributed by atoms with Gasteiger partial charge in [-0.3, -0.25) is 0 Å². The van der Waals surface area contributed by atoms with Gasteiger partial charge in [-0.25, -0.2) is 4.39 Å². The molecule has 2 aromatic rings. The standard InChI is InChI=1S/C17H18ClFO/c1-4-20-15-8-6-5-7-14(15)17(18)16-11(2)9-13(19)10-12(16)3/h5-10,17H,4H2,1-3H3. The van der Waals surface area contributed by atoms with Gasteiger partial charge < -0.3 is 4.74 Å². The van der Waals surface area contributed by atoms with Crippen molar-refractivity contribution in [1.82, 2.24) is 0 Å². The van der Waals surface area contributed by atoms with Gasteiger partial charge in [-0.1, -0.05) is 18.2 Å². The van der Waals surface area contributed by atoms with Gasteiger partial charge in [-0.05, 0) is 55.7 Å². The van der Waals surface area contributed by atoms with Crippen molar-refractivity contribution in [1.29, 1.82) is 0 Å². The van der Waals surface area contributed by atoms with Crippen LogP contribution >= 0.6 is 11.6 Å². The molecule has 20 heavy (non-hydrogen) atoms. The molecule has 0 saturated carbocycles. The predicted molar refractivity (Wildman–Crippen MR) is 81.2 cm³/mol. The average molecular weight is 293 g/mol. The third kappa shape index (κ3) is 2.96. The van der Waals surface area contributed by atoms with Gasteiger partial charge in [0.1, 0.15) is 11.6 Å². The summed E-state index contributed by atoms with van der Waals surface area (Å²) in [6, 6.07) is 10.7. The van der Waals surface area contributed by atoms with E-state index >= 15 is 0 Å². The lowest BCUT2D eigenvalue weighted by Gasteiger charge is -2.19. The van der Waals surface area contributed by atoms with E-state index in [1.807, 2.05) is 45.0 Å². The zero-order chi connectivity index (χ0) is 14.7. The molecule has 0 radical (unpaired) electrons. The number of alkyl halides is 1. The molecule has 0 saturated heterocycles. The number of halogens is 2. The second-order valence-corrected chi connectivity index (χ2v) is 5.22. The Balaban J connectivity index is 2.49. The van der Waals surface area contributed by atoms with Crippen molar-refractivity contribution in [2.75, 3.05) is 6.61 Å². The lowest BCUT2D eigenvalue weighted by molar-refractivity contribution is 0.337. The average Bonchev–Trinajstić information content (AvgIpc) is 2.38. The fourth-order valence-corrected chi connectivity index (χ4v) is 2.98. The molecule has 0 aromatic heterocycles. The molecule has 2 rings (SSSR count). The normalized spacial score (nSPS) is 12.2. The van der Waals surface area contributed by atoms with Gasteiger partial charge in [-0.2, -0.15) is 0 Å². The second kappa shape index (κ2) is 6.27. The first kappa shape index (κ1) is 14.9. The zero-order valence-corrected chi connectivity index (χ0v) is 12.7. The molecular weight excluding hydrogens is 275 g/mol. The third-order valence-electron chi connectivity index (χ3n) is 3.30. The number of para-hydroxylation sites is 1. The van der Waals surface area contributed by atoms with E-state index in [2.05, 4.69) is 0 Å². The van der Waals surface area contributed by atoms with Crippen LogP contribution < -0.4 is 4.74 Å². The number of rotatable bonds is 4. The molecule has 0 heterocycles. The predicted octanol–water partition coefficient (Wildman–Crippen LogP) is 5.17. The Bertz CT molecular complexity index is 587. The van der Waals surface area contributed by atoms with Crippen molar-refractivity contribution >= 4 is 11.6 Å². The Morgan fingerprint density at radius 2 is 1.75 bits per heavy atom. The second-order valence-electron chi connectivity index (χ2n) is 4.79. The van der Waals surface area contributed by atoms with Crippen LogP contribution in [-0.4, -0.2) is 6.61 Å². The molecule has 106 valence electrons. The highest BCUT2D eigenvalue weighted by Gasteiger charge is 2.19. The summed E-state index contributed by atoms with van der Waals surface area (Å²) in [7, 11) is 0. The summed E-state index contributed by atoms with van der Waals surface area (Å²) in [4.78, 5) is 0. The quantitative estimate of drug-likeness (QED) is 0.706. The molecule has 0 aliphatic rings. The fraction of sp³-hybridized carbons (Fsp3) is 0.294. The maximum atomic E-state index is 13.4. The van der Waals surface area contributed by atoms with Crippen LogP contribution in [0.15, 0.2) is 36.4 Å². The summed E-state index contributed by atoms with van der Waals surface area (Å²) in [6.07, 6.45) is 0. The monoisotopic (exact) mass is 292 g/mol. The van der Waals surface area contributed by atoms with Crippen molar-refractivity contribution in [2.24, 2.45) is 0 Å². The number of ether oxygens (including phenoxy) is 1. The molecule has 0 aliphatic heterocycles. The first-order valence-corrected chi connectivity index (χ1v) is 7.10. The van der Waals surface area contributed by atoms with Crippen molar-refractivity contribution in [3.8, 4) is 5.75 Å². The smallest absolute Gasteiger partial charge is 0.124 e. The fourth-order valence-electron chi connectivity index (χ4n) is 2.45. The van der Waals surface area contributed by atoms with E-state index in [0.29, 0.717) is 6.61 Å². The molecule has 2 aromatic carbocycles. The lowest BCUT2D eigenvalue weighted by atomic mass is 9.95. The van der Waals surface area contributed by atoms with Gasteiger partial charge in [0.15, 0.2) is 0 Å². The summed E-state index contributed by atoms with van der Waals surface area (Å²) in [6.45, 7) is 6.28. The van der Waals surface area contributed by atoms with Crippen LogP contribution in [0.1, 0.15) is 34.6 Å². The van der Waals surface area contributed by atoms with Crippen LogP contribution in [0.2, 0.25) is 0 Å². The maximum absolute atomic E-state index is 13.4. The minimum Gasteiger partial charge on any atom is -0.494 e. The van der Waals surface area contributed by atoms with Gasteiger partial charge in [0.05, 0.1) is 12.0 Å². The minimum atomic E-state index is -0.349. The van der Waals surface area contributed by atoms with Crippen LogP contribution in [0.25, 0.3) is 0 Å². The van der Waals surface area contributed by atoms with Crippen LogP contribution in [-0.2, 0) is 0 Å². The zero-order valence-electron chi connectivity index (χ0n) is 11.9. The summed E-state index contributed by atoms with van der Waals surface area (Å²) in [5.74, 6) is 0.545. The van der Waals surface area contributed by atoms with Gasteiger partial charge in [0.25, 0.3) is 0 Å². The van der Waals surface area contributed by atoms with Gasteiger partial charge in [0, 0.05) is 5.56 Å². The Morgan fingerprint density at radius 1 is 1.15 bits per heavy atom. The van der Waals surface area contributed by atoms with E-state index in [1.165, 1.54) is 12.1 Å². The Morgan fingerprint density at radius 3 is 2.35 bits per heavy atom. The van der Waals surface area contributed by atoms with Crippen LogP contribution in [0.3, 0.4) is 0 Å². The van der Waals surface area contributed by atoms with Crippen molar-refractivity contribution in [3.63, 3.8) is 0 Å². The van der Waals surface area contributed by atoms with Crippen molar-refractivity contribution in [2.45, 2.75) is 26.1 Å². The highest BCUT2D eigenvalue weighted by Crippen LogP contribution is 2.38. The number of hydrogen-bond acceptors (Lipinski definition) is 1.